The van der Waals surface area contributed by atoms with E-state index in [1.165, 1.54) is 5.56 Å². The highest BCUT2D eigenvalue weighted by Gasteiger charge is 2.11. The van der Waals surface area contributed by atoms with Crippen LogP contribution < -0.4 is 15.4 Å². The van der Waals surface area contributed by atoms with Crippen molar-refractivity contribution in [3.63, 3.8) is 0 Å². The van der Waals surface area contributed by atoms with Crippen molar-refractivity contribution in [1.29, 1.82) is 0 Å². The summed E-state index contributed by atoms with van der Waals surface area (Å²) in [6.07, 6.45) is 3.23. The van der Waals surface area contributed by atoms with Crippen molar-refractivity contribution in [3.8, 4) is 5.75 Å². The van der Waals surface area contributed by atoms with Gasteiger partial charge in [-0.1, -0.05) is 29.8 Å². The van der Waals surface area contributed by atoms with Crippen molar-refractivity contribution in [2.45, 2.75) is 13.8 Å². The molecule has 5 nitrogen and oxygen atoms in total. The average Bonchev–Trinajstić information content (AvgIpc) is 2.66. The number of hydrogen-bond acceptors (Lipinski definition) is 4. The van der Waals surface area contributed by atoms with E-state index in [2.05, 4.69) is 15.6 Å². The third-order valence-electron chi connectivity index (χ3n) is 3.78. The lowest BCUT2D eigenvalue weighted by Gasteiger charge is -2.12. The fourth-order valence-corrected chi connectivity index (χ4v) is 2.48. The van der Waals surface area contributed by atoms with E-state index in [-0.39, 0.29) is 5.91 Å². The van der Waals surface area contributed by atoms with E-state index in [0.29, 0.717) is 23.6 Å². The van der Waals surface area contributed by atoms with Gasteiger partial charge in [0.1, 0.15) is 5.75 Å². The van der Waals surface area contributed by atoms with Gasteiger partial charge in [-0.2, -0.15) is 0 Å². The van der Waals surface area contributed by atoms with E-state index in [9.17, 15) is 4.79 Å². The number of anilines is 3. The Bertz CT molecular complexity index is 892. The third-order valence-corrected chi connectivity index (χ3v) is 3.78. The fourth-order valence-electron chi connectivity index (χ4n) is 2.48. The van der Waals surface area contributed by atoms with Gasteiger partial charge in [-0.3, -0.25) is 9.78 Å². The maximum absolute atomic E-state index is 12.6. The van der Waals surface area contributed by atoms with Gasteiger partial charge in [-0.05, 0) is 44.2 Å². The van der Waals surface area contributed by atoms with E-state index < -0.39 is 0 Å². The first-order valence-corrected chi connectivity index (χ1v) is 8.47. The van der Waals surface area contributed by atoms with Crippen LogP contribution in [0.3, 0.4) is 0 Å². The number of aromatic nitrogens is 1. The molecule has 0 saturated heterocycles. The summed E-state index contributed by atoms with van der Waals surface area (Å²) in [6, 6.07) is 17.2. The Balaban J connectivity index is 1.75. The lowest BCUT2D eigenvalue weighted by atomic mass is 10.2. The number of rotatable bonds is 6. The van der Waals surface area contributed by atoms with Gasteiger partial charge in [0.25, 0.3) is 5.91 Å². The molecule has 132 valence electrons. The molecule has 0 radical (unpaired) electrons. The molecular formula is C21H21N3O2. The number of amides is 1. The second-order valence-electron chi connectivity index (χ2n) is 5.84. The molecule has 26 heavy (non-hydrogen) atoms. The van der Waals surface area contributed by atoms with Gasteiger partial charge in [0.15, 0.2) is 0 Å². The third kappa shape index (κ3) is 4.39. The minimum Gasteiger partial charge on any atom is -0.492 e. The number of carbonyl (C=O) groups is 1. The minimum absolute atomic E-state index is 0.239. The van der Waals surface area contributed by atoms with Gasteiger partial charge in [0, 0.05) is 11.9 Å². The van der Waals surface area contributed by atoms with Crippen molar-refractivity contribution in [2.24, 2.45) is 0 Å². The number of ether oxygens (including phenoxy) is 1. The quantitative estimate of drug-likeness (QED) is 0.673. The Hall–Kier alpha value is -3.34. The predicted molar refractivity (Wildman–Crippen MR) is 104 cm³/mol. The molecule has 0 atom stereocenters. The first-order valence-electron chi connectivity index (χ1n) is 8.47. The van der Waals surface area contributed by atoms with Crippen LogP contribution >= 0.6 is 0 Å². The molecule has 5 heteroatoms. The van der Waals surface area contributed by atoms with E-state index >= 15 is 0 Å². The predicted octanol–water partition coefficient (Wildman–Crippen LogP) is 4.78. The van der Waals surface area contributed by atoms with Gasteiger partial charge >= 0.3 is 0 Å². The zero-order chi connectivity index (χ0) is 18.4. The van der Waals surface area contributed by atoms with Gasteiger partial charge in [0.05, 0.1) is 29.7 Å². The first kappa shape index (κ1) is 17.5. The largest absolute Gasteiger partial charge is 0.492 e. The van der Waals surface area contributed by atoms with Gasteiger partial charge in [-0.25, -0.2) is 0 Å². The van der Waals surface area contributed by atoms with E-state index in [1.807, 2.05) is 62.4 Å². The summed E-state index contributed by atoms with van der Waals surface area (Å²) in [5, 5.41) is 6.13. The highest BCUT2D eigenvalue weighted by atomic mass is 16.5. The number of carbonyl (C=O) groups excluding carboxylic acids is 1. The summed E-state index contributed by atoms with van der Waals surface area (Å²) < 4.78 is 5.54. The van der Waals surface area contributed by atoms with E-state index in [1.54, 1.807) is 18.5 Å². The van der Waals surface area contributed by atoms with E-state index in [4.69, 9.17) is 4.74 Å². The van der Waals surface area contributed by atoms with Crippen LogP contribution in [0.15, 0.2) is 67.0 Å². The zero-order valence-electron chi connectivity index (χ0n) is 14.8. The van der Waals surface area contributed by atoms with Crippen LogP contribution in [0, 0.1) is 6.92 Å². The van der Waals surface area contributed by atoms with Crippen LogP contribution in [-0.4, -0.2) is 17.5 Å². The molecule has 1 aromatic heterocycles. The minimum atomic E-state index is -0.239. The SMILES string of the molecule is CCOc1ccccc1NC(=O)c1cncc(Nc2ccc(C)cc2)c1. The Morgan fingerprint density at radius 1 is 1.04 bits per heavy atom. The lowest BCUT2D eigenvalue weighted by molar-refractivity contribution is 0.102. The summed E-state index contributed by atoms with van der Waals surface area (Å²) in [5.74, 6) is 0.405. The molecule has 2 N–H and O–H groups in total. The van der Waals surface area contributed by atoms with Crippen LogP contribution in [0.2, 0.25) is 0 Å². The van der Waals surface area contributed by atoms with Crippen LogP contribution in [0.25, 0.3) is 0 Å². The van der Waals surface area contributed by atoms with Crippen LogP contribution in [0.1, 0.15) is 22.8 Å². The molecule has 0 aliphatic heterocycles. The van der Waals surface area contributed by atoms with Gasteiger partial charge in [0.2, 0.25) is 0 Å². The van der Waals surface area contributed by atoms with E-state index in [0.717, 1.165) is 11.4 Å². The molecule has 1 heterocycles. The highest BCUT2D eigenvalue weighted by Crippen LogP contribution is 2.24. The number of nitrogens with one attached hydrogen (secondary N) is 2. The number of aryl methyl sites for hydroxylation is 1. The number of nitrogens with zero attached hydrogens (tertiary/aromatic N) is 1. The summed E-state index contributed by atoms with van der Waals surface area (Å²) in [6.45, 7) is 4.48. The smallest absolute Gasteiger partial charge is 0.257 e. The maximum Gasteiger partial charge on any atom is 0.257 e. The molecule has 2 aromatic carbocycles. The molecule has 1 amide bonds. The summed E-state index contributed by atoms with van der Waals surface area (Å²) in [4.78, 5) is 16.8. The van der Waals surface area contributed by atoms with Crippen LogP contribution in [0.4, 0.5) is 17.1 Å². The normalized spacial score (nSPS) is 10.2. The van der Waals surface area contributed by atoms with Crippen LogP contribution in [0.5, 0.6) is 5.75 Å². The molecule has 0 bridgehead atoms. The average molecular weight is 347 g/mol. The van der Waals surface area contributed by atoms with Crippen molar-refractivity contribution in [1.82, 2.24) is 4.98 Å². The Morgan fingerprint density at radius 2 is 1.81 bits per heavy atom. The number of benzene rings is 2. The Kier molecular flexibility index (Phi) is 5.49. The number of pyridine rings is 1. The molecule has 0 aliphatic rings. The molecule has 0 saturated carbocycles. The summed E-state index contributed by atoms with van der Waals surface area (Å²) in [7, 11) is 0. The Morgan fingerprint density at radius 3 is 2.58 bits per heavy atom. The fraction of sp³-hybridized carbons (Fsp3) is 0.143. The van der Waals surface area contributed by atoms with Crippen molar-refractivity contribution >= 4 is 23.0 Å². The topological polar surface area (TPSA) is 63.2 Å². The van der Waals surface area contributed by atoms with Gasteiger partial charge in [-0.15, -0.1) is 0 Å². The molecule has 0 fully saturated rings. The maximum atomic E-state index is 12.6. The standard InChI is InChI=1S/C21H21N3O2/c1-3-26-20-7-5-4-6-19(20)24-21(25)16-12-18(14-22-13-16)23-17-10-8-15(2)9-11-17/h4-14,23H,3H2,1-2H3,(H,24,25). The molecule has 3 rings (SSSR count). The monoisotopic (exact) mass is 347 g/mol. The summed E-state index contributed by atoms with van der Waals surface area (Å²) >= 11 is 0. The van der Waals surface area contributed by atoms with Crippen molar-refractivity contribution in [3.05, 3.63) is 78.1 Å². The number of hydrogen-bond donors (Lipinski definition) is 2. The second kappa shape index (κ2) is 8.16. The Labute approximate surface area is 153 Å². The highest BCUT2D eigenvalue weighted by molar-refractivity contribution is 6.05. The van der Waals surface area contributed by atoms with Crippen molar-refractivity contribution in [2.75, 3.05) is 17.2 Å². The van der Waals surface area contributed by atoms with Crippen molar-refractivity contribution < 1.29 is 9.53 Å². The van der Waals surface area contributed by atoms with Crippen LogP contribution in [-0.2, 0) is 0 Å². The molecule has 0 unspecified atom stereocenters. The summed E-state index contributed by atoms with van der Waals surface area (Å²) in [5.41, 5.74) is 3.98. The second-order valence-corrected chi connectivity index (χ2v) is 5.84. The zero-order valence-corrected chi connectivity index (χ0v) is 14.8. The molecule has 0 aliphatic carbocycles. The number of para-hydroxylation sites is 2. The van der Waals surface area contributed by atoms with Gasteiger partial charge < -0.3 is 15.4 Å². The molecular weight excluding hydrogens is 326 g/mol. The first-order chi connectivity index (χ1) is 12.7. The molecule has 3 aromatic rings. The lowest BCUT2D eigenvalue weighted by Crippen LogP contribution is -2.13. The molecule has 0 spiro atoms.